The summed E-state index contributed by atoms with van der Waals surface area (Å²) in [6, 6.07) is 8.63. The Morgan fingerprint density at radius 1 is 1.42 bits per heavy atom. The molecule has 0 spiro atoms. The van der Waals surface area contributed by atoms with Crippen molar-refractivity contribution < 1.29 is 14.3 Å². The van der Waals surface area contributed by atoms with Gasteiger partial charge in [0.2, 0.25) is 0 Å². The number of carbonyl (C=O) groups excluding carboxylic acids is 1. The van der Waals surface area contributed by atoms with Crippen LogP contribution in [0.1, 0.15) is 35.3 Å². The van der Waals surface area contributed by atoms with Gasteiger partial charge < -0.3 is 9.47 Å². The van der Waals surface area contributed by atoms with Gasteiger partial charge in [-0.15, -0.1) is 0 Å². The Hall–Kier alpha value is -1.39. The van der Waals surface area contributed by atoms with Crippen molar-refractivity contribution in [2.75, 3.05) is 20.3 Å². The number of fused-ring (bicyclic) bond motifs is 2. The molecule has 2 aliphatic heterocycles. The van der Waals surface area contributed by atoms with Crippen LogP contribution in [-0.4, -0.2) is 43.3 Å². The molecule has 102 valence electrons. The normalized spacial score (nSPS) is 27.5. The van der Waals surface area contributed by atoms with Crippen molar-refractivity contribution in [3.8, 4) is 0 Å². The molecule has 0 amide bonds. The molecule has 0 aromatic heterocycles. The summed E-state index contributed by atoms with van der Waals surface area (Å²) in [5.74, 6) is -0.284. The smallest absolute Gasteiger partial charge is 0.337 e. The quantitative estimate of drug-likeness (QED) is 0.780. The Bertz CT molecular complexity index is 471. The number of nitrogens with zero attached hydrogens (tertiary/aromatic N) is 1. The average Bonchev–Trinajstić information content (AvgIpc) is 3.08. The summed E-state index contributed by atoms with van der Waals surface area (Å²) >= 11 is 0. The maximum Gasteiger partial charge on any atom is 0.337 e. The highest BCUT2D eigenvalue weighted by molar-refractivity contribution is 5.89. The molecular formula is C15H19NO3. The van der Waals surface area contributed by atoms with Gasteiger partial charge in [-0.1, -0.05) is 12.1 Å². The summed E-state index contributed by atoms with van der Waals surface area (Å²) in [7, 11) is 1.40. The Labute approximate surface area is 113 Å². The fourth-order valence-corrected chi connectivity index (χ4v) is 3.11. The van der Waals surface area contributed by atoms with E-state index in [2.05, 4.69) is 11.8 Å². The molecule has 2 fully saturated rings. The summed E-state index contributed by atoms with van der Waals surface area (Å²) in [5.41, 5.74) is 1.84. The van der Waals surface area contributed by atoms with E-state index in [4.69, 9.17) is 9.47 Å². The zero-order chi connectivity index (χ0) is 13.4. The van der Waals surface area contributed by atoms with E-state index < -0.39 is 0 Å². The Morgan fingerprint density at radius 3 is 2.68 bits per heavy atom. The second-order valence-electron chi connectivity index (χ2n) is 5.33. The van der Waals surface area contributed by atoms with Gasteiger partial charge >= 0.3 is 5.97 Å². The first kappa shape index (κ1) is 12.6. The zero-order valence-electron chi connectivity index (χ0n) is 11.3. The molecule has 3 unspecified atom stereocenters. The van der Waals surface area contributed by atoms with Crippen LogP contribution in [0.5, 0.6) is 0 Å². The van der Waals surface area contributed by atoms with Crippen LogP contribution < -0.4 is 0 Å². The molecule has 3 rings (SSSR count). The second kappa shape index (κ2) is 4.94. The number of rotatable bonds is 3. The van der Waals surface area contributed by atoms with Crippen molar-refractivity contribution in [2.45, 2.75) is 31.5 Å². The monoisotopic (exact) mass is 261 g/mol. The fourth-order valence-electron chi connectivity index (χ4n) is 3.11. The van der Waals surface area contributed by atoms with Gasteiger partial charge in [-0.2, -0.15) is 0 Å². The molecule has 1 aromatic carbocycles. The molecule has 0 N–H and O–H groups in total. The highest BCUT2D eigenvalue weighted by Gasteiger charge is 2.41. The average molecular weight is 261 g/mol. The highest BCUT2D eigenvalue weighted by Crippen LogP contribution is 2.34. The van der Waals surface area contributed by atoms with Gasteiger partial charge in [0, 0.05) is 18.6 Å². The van der Waals surface area contributed by atoms with Gasteiger partial charge in [-0.05, 0) is 31.0 Å². The first-order valence-electron chi connectivity index (χ1n) is 6.74. The zero-order valence-corrected chi connectivity index (χ0v) is 11.3. The van der Waals surface area contributed by atoms with Crippen molar-refractivity contribution in [3.05, 3.63) is 35.4 Å². The molecule has 19 heavy (non-hydrogen) atoms. The molecule has 0 saturated carbocycles. The van der Waals surface area contributed by atoms with Crippen LogP contribution >= 0.6 is 0 Å². The standard InChI is InChI=1S/C15H19NO3/c1-10(16-8-14-7-13(16)9-19-14)11-3-5-12(6-4-11)15(17)18-2/h3-6,10,13-14H,7-9H2,1-2H3. The van der Waals surface area contributed by atoms with Crippen molar-refractivity contribution in [3.63, 3.8) is 0 Å². The van der Waals surface area contributed by atoms with Crippen LogP contribution in [-0.2, 0) is 9.47 Å². The van der Waals surface area contributed by atoms with E-state index in [1.165, 1.54) is 12.7 Å². The van der Waals surface area contributed by atoms with Gasteiger partial charge in [0.25, 0.3) is 0 Å². The molecular weight excluding hydrogens is 242 g/mol. The number of methoxy groups -OCH3 is 1. The first-order chi connectivity index (χ1) is 9.19. The number of esters is 1. The topological polar surface area (TPSA) is 38.8 Å². The van der Waals surface area contributed by atoms with Gasteiger partial charge in [-0.3, -0.25) is 4.90 Å². The van der Waals surface area contributed by atoms with Crippen molar-refractivity contribution >= 4 is 5.97 Å². The summed E-state index contributed by atoms with van der Waals surface area (Å²) in [6.07, 6.45) is 1.58. The Morgan fingerprint density at radius 2 is 2.16 bits per heavy atom. The van der Waals surface area contributed by atoms with Crippen LogP contribution in [0.4, 0.5) is 0 Å². The van der Waals surface area contributed by atoms with E-state index in [-0.39, 0.29) is 5.97 Å². The molecule has 2 bridgehead atoms. The maximum atomic E-state index is 11.4. The number of benzene rings is 1. The van der Waals surface area contributed by atoms with E-state index in [1.54, 1.807) is 0 Å². The SMILES string of the molecule is COC(=O)c1ccc(C(C)N2CC3CC2CO3)cc1. The van der Waals surface area contributed by atoms with Crippen LogP contribution in [0.3, 0.4) is 0 Å². The molecule has 2 heterocycles. The van der Waals surface area contributed by atoms with E-state index >= 15 is 0 Å². The summed E-state index contributed by atoms with van der Waals surface area (Å²) in [6.45, 7) is 4.09. The number of hydrogen-bond donors (Lipinski definition) is 0. The lowest BCUT2D eigenvalue weighted by molar-refractivity contribution is 0.0143. The minimum Gasteiger partial charge on any atom is -0.465 e. The lowest BCUT2D eigenvalue weighted by atomic mass is 10.0. The van der Waals surface area contributed by atoms with Crippen molar-refractivity contribution in [1.82, 2.24) is 4.90 Å². The van der Waals surface area contributed by atoms with E-state index in [0.717, 1.165) is 19.6 Å². The second-order valence-corrected chi connectivity index (χ2v) is 5.33. The number of morpholine rings is 1. The van der Waals surface area contributed by atoms with Crippen molar-refractivity contribution in [2.24, 2.45) is 0 Å². The lowest BCUT2D eigenvalue weighted by Crippen LogP contribution is -2.38. The number of ether oxygens (including phenoxy) is 2. The number of hydrogen-bond acceptors (Lipinski definition) is 4. The maximum absolute atomic E-state index is 11.4. The third-order valence-electron chi connectivity index (χ3n) is 4.25. The van der Waals surface area contributed by atoms with Crippen molar-refractivity contribution in [1.29, 1.82) is 0 Å². The summed E-state index contributed by atoms with van der Waals surface area (Å²) < 4.78 is 10.3. The minimum atomic E-state index is -0.284. The molecule has 3 atom stereocenters. The molecule has 4 nitrogen and oxygen atoms in total. The largest absolute Gasteiger partial charge is 0.465 e. The van der Waals surface area contributed by atoms with Gasteiger partial charge in [0.1, 0.15) is 0 Å². The van der Waals surface area contributed by atoms with Crippen LogP contribution in [0.15, 0.2) is 24.3 Å². The third-order valence-corrected chi connectivity index (χ3v) is 4.25. The van der Waals surface area contributed by atoms with E-state index in [9.17, 15) is 4.79 Å². The van der Waals surface area contributed by atoms with Gasteiger partial charge in [0.05, 0.1) is 25.4 Å². The Kier molecular flexibility index (Phi) is 3.29. The third kappa shape index (κ3) is 2.26. The summed E-state index contributed by atoms with van der Waals surface area (Å²) in [4.78, 5) is 13.9. The number of carbonyl (C=O) groups is 1. The first-order valence-corrected chi connectivity index (χ1v) is 6.74. The molecule has 2 saturated heterocycles. The summed E-state index contributed by atoms with van der Waals surface area (Å²) in [5, 5.41) is 0. The predicted molar refractivity (Wildman–Crippen MR) is 71.0 cm³/mol. The minimum absolute atomic E-state index is 0.284. The molecule has 4 heteroatoms. The van der Waals surface area contributed by atoms with Crippen LogP contribution in [0, 0.1) is 0 Å². The van der Waals surface area contributed by atoms with E-state index in [1.807, 2.05) is 24.3 Å². The van der Waals surface area contributed by atoms with E-state index in [0.29, 0.717) is 23.8 Å². The van der Waals surface area contributed by atoms with Crippen LogP contribution in [0.25, 0.3) is 0 Å². The number of likely N-dealkylation sites (tertiary alicyclic amines) is 1. The molecule has 0 radical (unpaired) electrons. The molecule has 0 aliphatic carbocycles. The highest BCUT2D eigenvalue weighted by atomic mass is 16.5. The lowest BCUT2D eigenvalue weighted by Gasteiger charge is -2.32. The van der Waals surface area contributed by atoms with Gasteiger partial charge in [0.15, 0.2) is 0 Å². The Balaban J connectivity index is 1.73. The fraction of sp³-hybridized carbons (Fsp3) is 0.533. The molecule has 2 aliphatic rings. The van der Waals surface area contributed by atoms with Crippen LogP contribution in [0.2, 0.25) is 0 Å². The predicted octanol–water partition coefficient (Wildman–Crippen LogP) is 2.01. The van der Waals surface area contributed by atoms with Gasteiger partial charge in [-0.25, -0.2) is 4.79 Å². The molecule has 1 aromatic rings.